The molecule has 0 aliphatic heterocycles. The van der Waals surface area contributed by atoms with Gasteiger partial charge >= 0.3 is 0 Å². The van der Waals surface area contributed by atoms with Gasteiger partial charge in [0.1, 0.15) is 11.5 Å². The number of nitrogens with zero attached hydrogens (tertiary/aromatic N) is 1. The Bertz CT molecular complexity index is 1010. The smallest absolute Gasteiger partial charge is 0.269 e. The summed E-state index contributed by atoms with van der Waals surface area (Å²) in [4.78, 5) is 27.5. The number of rotatable bonds is 7. The minimum atomic E-state index is -0.319. The summed E-state index contributed by atoms with van der Waals surface area (Å²) >= 11 is 0. The molecule has 0 fully saturated rings. The van der Waals surface area contributed by atoms with Crippen molar-refractivity contribution in [1.29, 1.82) is 0 Å². The standard InChI is InChI=1S/C22H21FN4O2/c1-15(28)26-17-6-4-7-18(13-17)27-19-9-10-21(25-14-19)22(29)24-12-11-16-5-2-3-8-20(16)23/h2-10,13-14,27H,11-12H2,1H3,(H,24,29)(H,26,28). The topological polar surface area (TPSA) is 83.1 Å². The van der Waals surface area contributed by atoms with Crippen LogP contribution in [0.15, 0.2) is 66.9 Å². The van der Waals surface area contributed by atoms with Crippen LogP contribution in [0, 0.1) is 5.82 Å². The van der Waals surface area contributed by atoms with E-state index in [1.165, 1.54) is 13.0 Å². The number of anilines is 3. The van der Waals surface area contributed by atoms with E-state index in [0.29, 0.717) is 29.9 Å². The fourth-order valence-corrected chi connectivity index (χ4v) is 2.75. The second kappa shape index (κ2) is 9.45. The lowest BCUT2D eigenvalue weighted by Crippen LogP contribution is -2.26. The van der Waals surface area contributed by atoms with E-state index in [9.17, 15) is 14.0 Å². The Morgan fingerprint density at radius 1 is 0.966 bits per heavy atom. The van der Waals surface area contributed by atoms with Crippen LogP contribution in [0.25, 0.3) is 0 Å². The van der Waals surface area contributed by atoms with Gasteiger partial charge in [0.05, 0.1) is 11.9 Å². The van der Waals surface area contributed by atoms with Crippen LogP contribution in [-0.4, -0.2) is 23.3 Å². The summed E-state index contributed by atoms with van der Waals surface area (Å²) in [5, 5.41) is 8.63. The van der Waals surface area contributed by atoms with Crippen LogP contribution in [0.3, 0.4) is 0 Å². The van der Waals surface area contributed by atoms with Crippen molar-refractivity contribution in [2.45, 2.75) is 13.3 Å². The molecule has 0 spiro atoms. The van der Waals surface area contributed by atoms with Crippen LogP contribution in [0.2, 0.25) is 0 Å². The molecule has 0 unspecified atom stereocenters. The second-order valence-corrected chi connectivity index (χ2v) is 6.42. The second-order valence-electron chi connectivity index (χ2n) is 6.42. The van der Waals surface area contributed by atoms with E-state index in [2.05, 4.69) is 20.9 Å². The quantitative estimate of drug-likeness (QED) is 0.570. The van der Waals surface area contributed by atoms with Crippen LogP contribution < -0.4 is 16.0 Å². The van der Waals surface area contributed by atoms with E-state index in [1.807, 2.05) is 12.1 Å². The van der Waals surface area contributed by atoms with Gasteiger partial charge in [-0.2, -0.15) is 0 Å². The zero-order chi connectivity index (χ0) is 20.6. The Morgan fingerprint density at radius 3 is 2.48 bits per heavy atom. The van der Waals surface area contributed by atoms with Crippen LogP contribution in [-0.2, 0) is 11.2 Å². The number of carbonyl (C=O) groups is 2. The third kappa shape index (κ3) is 5.87. The van der Waals surface area contributed by atoms with E-state index in [-0.39, 0.29) is 23.3 Å². The number of nitrogens with one attached hydrogen (secondary N) is 3. The number of aromatic nitrogens is 1. The maximum Gasteiger partial charge on any atom is 0.269 e. The number of benzene rings is 2. The molecule has 1 heterocycles. The van der Waals surface area contributed by atoms with Crippen molar-refractivity contribution in [3.8, 4) is 0 Å². The van der Waals surface area contributed by atoms with E-state index < -0.39 is 0 Å². The Morgan fingerprint density at radius 2 is 1.76 bits per heavy atom. The summed E-state index contributed by atoms with van der Waals surface area (Å²) in [5.74, 6) is -0.743. The van der Waals surface area contributed by atoms with Crippen molar-refractivity contribution in [1.82, 2.24) is 10.3 Å². The highest BCUT2D eigenvalue weighted by Gasteiger charge is 2.08. The van der Waals surface area contributed by atoms with Crippen molar-refractivity contribution in [2.24, 2.45) is 0 Å². The molecule has 6 nitrogen and oxygen atoms in total. The van der Waals surface area contributed by atoms with Crippen molar-refractivity contribution in [3.05, 3.63) is 83.9 Å². The molecular formula is C22H21FN4O2. The van der Waals surface area contributed by atoms with Crippen LogP contribution >= 0.6 is 0 Å². The fraction of sp³-hybridized carbons (Fsp3) is 0.136. The van der Waals surface area contributed by atoms with Crippen molar-refractivity contribution >= 4 is 28.9 Å². The van der Waals surface area contributed by atoms with E-state index in [1.54, 1.807) is 48.7 Å². The lowest BCUT2D eigenvalue weighted by Gasteiger charge is -2.09. The first-order valence-electron chi connectivity index (χ1n) is 9.13. The molecule has 29 heavy (non-hydrogen) atoms. The van der Waals surface area contributed by atoms with E-state index in [4.69, 9.17) is 0 Å². The Labute approximate surface area is 168 Å². The van der Waals surface area contributed by atoms with Crippen molar-refractivity contribution < 1.29 is 14.0 Å². The van der Waals surface area contributed by atoms with Gasteiger partial charge < -0.3 is 16.0 Å². The minimum Gasteiger partial charge on any atom is -0.354 e. The van der Waals surface area contributed by atoms with Crippen molar-refractivity contribution in [2.75, 3.05) is 17.2 Å². The Hall–Kier alpha value is -3.74. The first kappa shape index (κ1) is 20.0. The van der Waals surface area contributed by atoms with Gasteiger partial charge in [-0.1, -0.05) is 24.3 Å². The summed E-state index contributed by atoms with van der Waals surface area (Å²) in [7, 11) is 0. The Balaban J connectivity index is 1.55. The van der Waals surface area contributed by atoms with Crippen LogP contribution in [0.1, 0.15) is 23.0 Å². The van der Waals surface area contributed by atoms with E-state index >= 15 is 0 Å². The lowest BCUT2D eigenvalue weighted by molar-refractivity contribution is -0.114. The molecule has 7 heteroatoms. The average Bonchev–Trinajstić information content (AvgIpc) is 2.70. The summed E-state index contributed by atoms with van der Waals surface area (Å²) in [6, 6.07) is 17.1. The first-order chi connectivity index (χ1) is 14.0. The molecule has 0 radical (unpaired) electrons. The molecule has 0 saturated heterocycles. The van der Waals surface area contributed by atoms with Gasteiger partial charge in [-0.3, -0.25) is 9.59 Å². The number of amides is 2. The van der Waals surface area contributed by atoms with Crippen LogP contribution in [0.4, 0.5) is 21.5 Å². The van der Waals surface area contributed by atoms with Gasteiger partial charge in [0, 0.05) is 24.8 Å². The highest BCUT2D eigenvalue weighted by Crippen LogP contribution is 2.19. The number of halogens is 1. The molecule has 3 rings (SSSR count). The molecule has 0 bridgehead atoms. The summed E-state index contributed by atoms with van der Waals surface area (Å²) in [6.07, 6.45) is 1.96. The zero-order valence-corrected chi connectivity index (χ0v) is 15.9. The van der Waals surface area contributed by atoms with Gasteiger partial charge in [0.15, 0.2) is 0 Å². The third-order valence-corrected chi connectivity index (χ3v) is 4.11. The molecule has 1 aromatic heterocycles. The highest BCUT2D eigenvalue weighted by atomic mass is 19.1. The normalized spacial score (nSPS) is 10.3. The van der Waals surface area contributed by atoms with Gasteiger partial charge in [-0.25, -0.2) is 9.37 Å². The molecule has 2 amide bonds. The summed E-state index contributed by atoms with van der Waals surface area (Å²) < 4.78 is 13.6. The summed E-state index contributed by atoms with van der Waals surface area (Å²) in [5.41, 5.74) is 2.99. The first-order valence-corrected chi connectivity index (χ1v) is 9.13. The molecular weight excluding hydrogens is 371 g/mol. The summed E-state index contributed by atoms with van der Waals surface area (Å²) in [6.45, 7) is 1.77. The lowest BCUT2D eigenvalue weighted by atomic mass is 10.1. The molecule has 148 valence electrons. The molecule has 2 aromatic carbocycles. The molecule has 0 aliphatic rings. The van der Waals surface area contributed by atoms with Gasteiger partial charge in [0.25, 0.3) is 5.91 Å². The number of hydrogen-bond acceptors (Lipinski definition) is 4. The van der Waals surface area contributed by atoms with Crippen molar-refractivity contribution in [3.63, 3.8) is 0 Å². The average molecular weight is 392 g/mol. The highest BCUT2D eigenvalue weighted by molar-refractivity contribution is 5.92. The monoisotopic (exact) mass is 392 g/mol. The molecule has 3 aromatic rings. The van der Waals surface area contributed by atoms with Gasteiger partial charge in [0.2, 0.25) is 5.91 Å². The predicted molar refractivity (Wildman–Crippen MR) is 111 cm³/mol. The maximum absolute atomic E-state index is 13.6. The maximum atomic E-state index is 13.6. The van der Waals surface area contributed by atoms with Gasteiger partial charge in [-0.05, 0) is 48.4 Å². The number of hydrogen-bond donors (Lipinski definition) is 3. The molecule has 0 aliphatic carbocycles. The van der Waals surface area contributed by atoms with E-state index in [0.717, 1.165) is 5.69 Å². The molecule has 3 N–H and O–H groups in total. The Kier molecular flexibility index (Phi) is 6.52. The van der Waals surface area contributed by atoms with Crippen LogP contribution in [0.5, 0.6) is 0 Å². The fourth-order valence-electron chi connectivity index (χ4n) is 2.75. The predicted octanol–water partition coefficient (Wildman–Crippen LogP) is 3.90. The SMILES string of the molecule is CC(=O)Nc1cccc(Nc2ccc(C(=O)NCCc3ccccc3F)nc2)c1. The number of pyridine rings is 1. The zero-order valence-electron chi connectivity index (χ0n) is 15.9. The molecule has 0 atom stereocenters. The number of carbonyl (C=O) groups excluding carboxylic acids is 2. The molecule has 0 saturated carbocycles. The van der Waals surface area contributed by atoms with Gasteiger partial charge in [-0.15, -0.1) is 0 Å². The largest absolute Gasteiger partial charge is 0.354 e. The minimum absolute atomic E-state index is 0.144. The third-order valence-electron chi connectivity index (χ3n) is 4.11.